The Balaban J connectivity index is 1.88. The number of piperidine rings is 1. The number of carbonyl (C=O) groups is 1. The van der Waals surface area contributed by atoms with Crippen molar-refractivity contribution >= 4 is 50.5 Å². The number of nitrogens with two attached hydrogens (primary N) is 1. The van der Waals surface area contributed by atoms with Gasteiger partial charge in [0, 0.05) is 22.6 Å². The van der Waals surface area contributed by atoms with Gasteiger partial charge >= 0.3 is 0 Å². The first-order valence-electron chi connectivity index (χ1n) is 8.38. The van der Waals surface area contributed by atoms with Crippen molar-refractivity contribution in [2.45, 2.75) is 32.2 Å². The second kappa shape index (κ2) is 7.67. The smallest absolute Gasteiger partial charge is 0.255 e. The van der Waals surface area contributed by atoms with Crippen LogP contribution in [0.15, 0.2) is 40.9 Å². The standard InChI is InChI=1S/C19H21BrClN3O/c1-12-5-2-3-8-24(12)18-11-17(15(21)10-16(18)22)23-19(25)13-6-4-7-14(20)9-13/h4,6-7,9-12H,2-3,5,8,22H2,1H3,(H,23,25)/t12-/m1/s1. The predicted octanol–water partition coefficient (Wildman–Crippen LogP) is 5.32. The quantitative estimate of drug-likeness (QED) is 0.658. The number of nitrogens with zero attached hydrogens (tertiary/aromatic N) is 1. The van der Waals surface area contributed by atoms with Gasteiger partial charge in [-0.2, -0.15) is 0 Å². The normalized spacial score (nSPS) is 17.4. The molecule has 0 aliphatic carbocycles. The molecule has 1 aliphatic rings. The molecule has 0 bridgehead atoms. The van der Waals surface area contributed by atoms with Crippen LogP contribution < -0.4 is 16.0 Å². The molecule has 1 atom stereocenters. The molecule has 6 heteroatoms. The zero-order valence-corrected chi connectivity index (χ0v) is 16.4. The van der Waals surface area contributed by atoms with Gasteiger partial charge in [-0.25, -0.2) is 0 Å². The van der Waals surface area contributed by atoms with Crippen LogP contribution in [0, 0.1) is 0 Å². The van der Waals surface area contributed by atoms with Crippen molar-refractivity contribution in [3.63, 3.8) is 0 Å². The molecule has 1 heterocycles. The average Bonchev–Trinajstić information content (AvgIpc) is 2.58. The summed E-state index contributed by atoms with van der Waals surface area (Å²) in [5.41, 5.74) is 8.91. The minimum atomic E-state index is -0.203. The SMILES string of the molecule is C[C@@H]1CCCCN1c1cc(NC(=O)c2cccc(Br)c2)c(Cl)cc1N. The molecule has 132 valence electrons. The lowest BCUT2D eigenvalue weighted by Gasteiger charge is -2.36. The maximum absolute atomic E-state index is 12.5. The minimum absolute atomic E-state index is 0.203. The zero-order chi connectivity index (χ0) is 18.0. The second-order valence-corrected chi connectivity index (χ2v) is 7.72. The van der Waals surface area contributed by atoms with E-state index in [1.165, 1.54) is 6.42 Å². The summed E-state index contributed by atoms with van der Waals surface area (Å²) in [6, 6.07) is 11.3. The Labute approximate surface area is 161 Å². The van der Waals surface area contributed by atoms with Crippen LogP contribution in [0.2, 0.25) is 5.02 Å². The topological polar surface area (TPSA) is 58.4 Å². The summed E-state index contributed by atoms with van der Waals surface area (Å²) in [5.74, 6) is -0.203. The molecular weight excluding hydrogens is 402 g/mol. The molecule has 3 rings (SSSR count). The zero-order valence-electron chi connectivity index (χ0n) is 14.1. The number of hydrogen-bond donors (Lipinski definition) is 2. The molecule has 0 aromatic heterocycles. The fourth-order valence-corrected chi connectivity index (χ4v) is 3.82. The van der Waals surface area contributed by atoms with Crippen molar-refractivity contribution in [2.75, 3.05) is 22.5 Å². The average molecular weight is 423 g/mol. The summed E-state index contributed by atoms with van der Waals surface area (Å²) in [5, 5.41) is 3.34. The molecule has 25 heavy (non-hydrogen) atoms. The van der Waals surface area contributed by atoms with E-state index in [9.17, 15) is 4.79 Å². The van der Waals surface area contributed by atoms with Gasteiger partial charge in [0.25, 0.3) is 5.91 Å². The van der Waals surface area contributed by atoms with Crippen molar-refractivity contribution in [3.8, 4) is 0 Å². The highest BCUT2D eigenvalue weighted by atomic mass is 79.9. The van der Waals surface area contributed by atoms with Gasteiger partial charge in [0.15, 0.2) is 0 Å². The lowest BCUT2D eigenvalue weighted by Crippen LogP contribution is -2.37. The molecule has 1 amide bonds. The Morgan fingerprint density at radius 3 is 2.84 bits per heavy atom. The number of hydrogen-bond acceptors (Lipinski definition) is 3. The lowest BCUT2D eigenvalue weighted by molar-refractivity contribution is 0.102. The number of rotatable bonds is 3. The summed E-state index contributed by atoms with van der Waals surface area (Å²) in [6.07, 6.45) is 3.52. The van der Waals surface area contributed by atoms with Crippen molar-refractivity contribution in [1.82, 2.24) is 0 Å². The van der Waals surface area contributed by atoms with Gasteiger partial charge in [-0.15, -0.1) is 0 Å². The van der Waals surface area contributed by atoms with Crippen LogP contribution in [0.25, 0.3) is 0 Å². The van der Waals surface area contributed by atoms with Crippen LogP contribution in [-0.4, -0.2) is 18.5 Å². The number of amides is 1. The molecule has 2 aromatic rings. The molecule has 2 aromatic carbocycles. The number of halogens is 2. The number of anilines is 3. The van der Waals surface area contributed by atoms with Crippen LogP contribution in [0.1, 0.15) is 36.5 Å². The van der Waals surface area contributed by atoms with E-state index in [0.29, 0.717) is 28.0 Å². The maximum Gasteiger partial charge on any atom is 0.255 e. The third-order valence-corrected chi connectivity index (χ3v) is 5.37. The van der Waals surface area contributed by atoms with E-state index in [2.05, 4.69) is 33.1 Å². The van der Waals surface area contributed by atoms with Crippen LogP contribution in [0.3, 0.4) is 0 Å². The van der Waals surface area contributed by atoms with E-state index in [1.54, 1.807) is 18.2 Å². The first-order valence-corrected chi connectivity index (χ1v) is 9.55. The molecule has 1 aliphatic heterocycles. The van der Waals surface area contributed by atoms with Gasteiger partial charge in [-0.05, 0) is 56.5 Å². The fourth-order valence-electron chi connectivity index (χ4n) is 3.20. The van der Waals surface area contributed by atoms with Gasteiger partial charge in [0.1, 0.15) is 0 Å². The van der Waals surface area contributed by atoms with Crippen LogP contribution in [0.4, 0.5) is 17.1 Å². The molecule has 0 saturated carbocycles. The number of nitrogens with one attached hydrogen (secondary N) is 1. The Morgan fingerprint density at radius 1 is 1.32 bits per heavy atom. The molecular formula is C19H21BrClN3O. The van der Waals surface area contributed by atoms with Gasteiger partial charge in [0.05, 0.1) is 22.1 Å². The lowest BCUT2D eigenvalue weighted by atomic mass is 10.0. The molecule has 3 N–H and O–H groups in total. The highest BCUT2D eigenvalue weighted by molar-refractivity contribution is 9.10. The molecule has 0 unspecified atom stereocenters. The third-order valence-electron chi connectivity index (χ3n) is 4.56. The van der Waals surface area contributed by atoms with E-state index >= 15 is 0 Å². The molecule has 0 spiro atoms. The van der Waals surface area contributed by atoms with E-state index < -0.39 is 0 Å². The molecule has 1 fully saturated rings. The Kier molecular flexibility index (Phi) is 5.54. The number of benzene rings is 2. The third kappa shape index (κ3) is 4.10. The van der Waals surface area contributed by atoms with E-state index in [-0.39, 0.29) is 5.91 Å². The van der Waals surface area contributed by atoms with Crippen LogP contribution in [0.5, 0.6) is 0 Å². The first-order chi connectivity index (χ1) is 12.0. The van der Waals surface area contributed by atoms with Gasteiger partial charge in [-0.3, -0.25) is 4.79 Å². The molecule has 0 radical (unpaired) electrons. The molecule has 1 saturated heterocycles. The van der Waals surface area contributed by atoms with Crippen molar-refractivity contribution in [1.29, 1.82) is 0 Å². The largest absolute Gasteiger partial charge is 0.397 e. The van der Waals surface area contributed by atoms with Crippen molar-refractivity contribution < 1.29 is 4.79 Å². The second-order valence-electron chi connectivity index (χ2n) is 6.39. The summed E-state index contributed by atoms with van der Waals surface area (Å²) in [6.45, 7) is 3.17. The predicted molar refractivity (Wildman–Crippen MR) is 109 cm³/mol. The van der Waals surface area contributed by atoms with Gasteiger partial charge < -0.3 is 16.0 Å². The van der Waals surface area contributed by atoms with Gasteiger partial charge in [0.2, 0.25) is 0 Å². The minimum Gasteiger partial charge on any atom is -0.397 e. The van der Waals surface area contributed by atoms with Crippen LogP contribution in [-0.2, 0) is 0 Å². The van der Waals surface area contributed by atoms with E-state index in [1.807, 2.05) is 18.2 Å². The Hall–Kier alpha value is -1.72. The van der Waals surface area contributed by atoms with Crippen LogP contribution >= 0.6 is 27.5 Å². The number of nitrogen functional groups attached to an aromatic ring is 1. The maximum atomic E-state index is 12.5. The van der Waals surface area contributed by atoms with E-state index in [4.69, 9.17) is 17.3 Å². The van der Waals surface area contributed by atoms with Gasteiger partial charge in [-0.1, -0.05) is 33.6 Å². The van der Waals surface area contributed by atoms with Crippen molar-refractivity contribution in [2.24, 2.45) is 0 Å². The monoisotopic (exact) mass is 421 g/mol. The fraction of sp³-hybridized carbons (Fsp3) is 0.316. The first kappa shape index (κ1) is 18.1. The van der Waals surface area contributed by atoms with Crippen molar-refractivity contribution in [3.05, 3.63) is 51.5 Å². The summed E-state index contributed by atoms with van der Waals surface area (Å²) in [4.78, 5) is 14.8. The number of carbonyl (C=O) groups excluding carboxylic acids is 1. The highest BCUT2D eigenvalue weighted by Gasteiger charge is 2.22. The summed E-state index contributed by atoms with van der Waals surface area (Å²) < 4.78 is 0.853. The highest BCUT2D eigenvalue weighted by Crippen LogP contribution is 2.36. The summed E-state index contributed by atoms with van der Waals surface area (Å²) in [7, 11) is 0. The Bertz CT molecular complexity index is 796. The van der Waals surface area contributed by atoms with E-state index in [0.717, 1.165) is 29.5 Å². The molecule has 4 nitrogen and oxygen atoms in total. The Morgan fingerprint density at radius 2 is 2.12 bits per heavy atom. The summed E-state index contributed by atoms with van der Waals surface area (Å²) >= 11 is 9.70.